The van der Waals surface area contributed by atoms with Crippen molar-refractivity contribution < 1.29 is 4.74 Å². The van der Waals surface area contributed by atoms with Crippen LogP contribution in [0.15, 0.2) is 0 Å². The van der Waals surface area contributed by atoms with E-state index in [2.05, 4.69) is 25.7 Å². The maximum absolute atomic E-state index is 6.13. The lowest BCUT2D eigenvalue weighted by molar-refractivity contribution is -0.0786. The molecular formula is C15H30N2O. The van der Waals surface area contributed by atoms with Gasteiger partial charge in [0.05, 0.1) is 6.10 Å². The number of piperidine rings is 1. The molecule has 0 spiro atoms. The van der Waals surface area contributed by atoms with Gasteiger partial charge in [0.1, 0.15) is 0 Å². The van der Waals surface area contributed by atoms with Gasteiger partial charge in [0.15, 0.2) is 0 Å². The van der Waals surface area contributed by atoms with E-state index < -0.39 is 0 Å². The van der Waals surface area contributed by atoms with Gasteiger partial charge in [-0.15, -0.1) is 0 Å². The van der Waals surface area contributed by atoms with Gasteiger partial charge in [-0.3, -0.25) is 4.90 Å². The van der Waals surface area contributed by atoms with Gasteiger partial charge >= 0.3 is 0 Å². The molecule has 0 saturated carbocycles. The van der Waals surface area contributed by atoms with E-state index in [1.54, 1.807) is 0 Å². The molecule has 0 radical (unpaired) electrons. The predicted octanol–water partition coefficient (Wildman–Crippen LogP) is 2.39. The molecule has 2 heterocycles. The fourth-order valence-electron chi connectivity index (χ4n) is 3.62. The van der Waals surface area contributed by atoms with Crippen LogP contribution in [0.4, 0.5) is 0 Å². The molecule has 3 heteroatoms. The van der Waals surface area contributed by atoms with Crippen LogP contribution >= 0.6 is 0 Å². The largest absolute Gasteiger partial charge is 0.378 e. The van der Waals surface area contributed by atoms with Crippen molar-refractivity contribution in [2.45, 2.75) is 64.5 Å². The lowest BCUT2D eigenvalue weighted by atomic mass is 9.75. The third-order valence-electron chi connectivity index (χ3n) is 5.51. The molecule has 18 heavy (non-hydrogen) atoms. The van der Waals surface area contributed by atoms with Crippen LogP contribution in [0, 0.1) is 5.41 Å². The van der Waals surface area contributed by atoms with Crippen molar-refractivity contribution in [1.29, 1.82) is 0 Å². The highest BCUT2D eigenvalue weighted by Gasteiger charge is 2.42. The summed E-state index contributed by atoms with van der Waals surface area (Å²) in [5, 5.41) is 0. The van der Waals surface area contributed by atoms with E-state index in [0.29, 0.717) is 11.5 Å². The van der Waals surface area contributed by atoms with Gasteiger partial charge in [-0.2, -0.15) is 0 Å². The topological polar surface area (TPSA) is 38.5 Å². The second kappa shape index (κ2) is 5.48. The minimum absolute atomic E-state index is 0.215. The van der Waals surface area contributed by atoms with Crippen molar-refractivity contribution in [3.63, 3.8) is 0 Å². The van der Waals surface area contributed by atoms with Gasteiger partial charge < -0.3 is 10.5 Å². The monoisotopic (exact) mass is 254 g/mol. The Balaban J connectivity index is 2.02. The Morgan fingerprint density at radius 2 is 1.94 bits per heavy atom. The van der Waals surface area contributed by atoms with Crippen molar-refractivity contribution in [1.82, 2.24) is 4.90 Å². The number of hydrogen-bond donors (Lipinski definition) is 1. The van der Waals surface area contributed by atoms with E-state index >= 15 is 0 Å². The fraction of sp³-hybridized carbons (Fsp3) is 1.00. The summed E-state index contributed by atoms with van der Waals surface area (Å²) in [7, 11) is 0. The second-order valence-corrected chi connectivity index (χ2v) is 6.72. The fourth-order valence-corrected chi connectivity index (χ4v) is 3.62. The maximum atomic E-state index is 6.13. The Bertz CT molecular complexity index is 274. The van der Waals surface area contributed by atoms with Gasteiger partial charge in [-0.05, 0) is 51.1 Å². The molecule has 0 aromatic carbocycles. The molecular weight excluding hydrogens is 224 g/mol. The SMILES string of the molecule is CCC1(C)CCN(C2(CN)CCOC(C)C2)CC1. The molecule has 2 unspecified atom stereocenters. The zero-order valence-electron chi connectivity index (χ0n) is 12.4. The summed E-state index contributed by atoms with van der Waals surface area (Å²) in [4.78, 5) is 2.67. The Kier molecular flexibility index (Phi) is 4.35. The van der Waals surface area contributed by atoms with E-state index in [-0.39, 0.29) is 5.54 Å². The van der Waals surface area contributed by atoms with Crippen molar-refractivity contribution in [2.75, 3.05) is 26.2 Å². The van der Waals surface area contributed by atoms with E-state index in [1.807, 2.05) is 0 Å². The molecule has 0 bridgehead atoms. The quantitative estimate of drug-likeness (QED) is 0.840. The lowest BCUT2D eigenvalue weighted by Gasteiger charge is -2.51. The molecule has 2 rings (SSSR count). The Morgan fingerprint density at radius 3 is 2.44 bits per heavy atom. The van der Waals surface area contributed by atoms with Crippen LogP contribution in [-0.4, -0.2) is 42.8 Å². The molecule has 2 fully saturated rings. The highest BCUT2D eigenvalue weighted by Crippen LogP contribution is 2.39. The van der Waals surface area contributed by atoms with Gasteiger partial charge in [-0.1, -0.05) is 20.3 Å². The second-order valence-electron chi connectivity index (χ2n) is 6.72. The highest BCUT2D eigenvalue weighted by atomic mass is 16.5. The summed E-state index contributed by atoms with van der Waals surface area (Å²) in [6.45, 7) is 11.0. The average Bonchev–Trinajstić information content (AvgIpc) is 2.39. The zero-order chi connectivity index (χ0) is 13.2. The smallest absolute Gasteiger partial charge is 0.0565 e. The third-order valence-corrected chi connectivity index (χ3v) is 5.51. The average molecular weight is 254 g/mol. The molecule has 0 aromatic heterocycles. The molecule has 0 aromatic rings. The Morgan fingerprint density at radius 1 is 1.28 bits per heavy atom. The lowest BCUT2D eigenvalue weighted by Crippen LogP contribution is -2.60. The molecule has 2 N–H and O–H groups in total. The standard InChI is InChI=1S/C15H30N2O/c1-4-14(3)5-8-17(9-6-14)15(12-16)7-10-18-13(2)11-15/h13H,4-12,16H2,1-3H3. The van der Waals surface area contributed by atoms with Gasteiger partial charge in [0.25, 0.3) is 0 Å². The first-order chi connectivity index (χ1) is 8.53. The number of rotatable bonds is 3. The first kappa shape index (κ1) is 14.3. The van der Waals surface area contributed by atoms with Crippen LogP contribution in [0.25, 0.3) is 0 Å². The van der Waals surface area contributed by atoms with Crippen molar-refractivity contribution in [2.24, 2.45) is 11.1 Å². The zero-order valence-corrected chi connectivity index (χ0v) is 12.4. The number of likely N-dealkylation sites (tertiary alicyclic amines) is 1. The Labute approximate surface area is 112 Å². The minimum atomic E-state index is 0.215. The van der Waals surface area contributed by atoms with Crippen LogP contribution in [-0.2, 0) is 4.74 Å². The van der Waals surface area contributed by atoms with Crippen LogP contribution < -0.4 is 5.73 Å². The summed E-state index contributed by atoms with van der Waals surface area (Å²) < 4.78 is 5.71. The highest BCUT2D eigenvalue weighted by molar-refractivity contribution is 4.98. The summed E-state index contributed by atoms with van der Waals surface area (Å²) >= 11 is 0. The molecule has 2 atom stereocenters. The number of nitrogens with two attached hydrogens (primary N) is 1. The number of nitrogens with zero attached hydrogens (tertiary/aromatic N) is 1. The molecule has 0 amide bonds. The molecule has 2 aliphatic rings. The van der Waals surface area contributed by atoms with Crippen LogP contribution in [0.3, 0.4) is 0 Å². The normalized spacial score (nSPS) is 37.7. The van der Waals surface area contributed by atoms with E-state index in [1.165, 1.54) is 32.4 Å². The molecule has 2 saturated heterocycles. The first-order valence-electron chi connectivity index (χ1n) is 7.60. The Hall–Kier alpha value is -0.120. The molecule has 3 nitrogen and oxygen atoms in total. The van der Waals surface area contributed by atoms with Crippen molar-refractivity contribution in [3.05, 3.63) is 0 Å². The van der Waals surface area contributed by atoms with Gasteiger partial charge in [0, 0.05) is 18.7 Å². The van der Waals surface area contributed by atoms with Crippen LogP contribution in [0.1, 0.15) is 52.9 Å². The van der Waals surface area contributed by atoms with Crippen LogP contribution in [0.5, 0.6) is 0 Å². The molecule has 106 valence electrons. The summed E-state index contributed by atoms with van der Waals surface area (Å²) in [6.07, 6.45) is 6.52. The number of hydrogen-bond acceptors (Lipinski definition) is 3. The first-order valence-corrected chi connectivity index (χ1v) is 7.60. The van der Waals surface area contributed by atoms with Crippen LogP contribution in [0.2, 0.25) is 0 Å². The van der Waals surface area contributed by atoms with Crippen molar-refractivity contribution in [3.8, 4) is 0 Å². The molecule has 2 aliphatic heterocycles. The maximum Gasteiger partial charge on any atom is 0.0565 e. The van der Waals surface area contributed by atoms with Gasteiger partial charge in [-0.25, -0.2) is 0 Å². The van der Waals surface area contributed by atoms with E-state index in [0.717, 1.165) is 26.0 Å². The minimum Gasteiger partial charge on any atom is -0.378 e. The van der Waals surface area contributed by atoms with E-state index in [9.17, 15) is 0 Å². The predicted molar refractivity (Wildman–Crippen MR) is 75.6 cm³/mol. The van der Waals surface area contributed by atoms with Crippen molar-refractivity contribution >= 4 is 0 Å². The summed E-state index contributed by atoms with van der Waals surface area (Å²) in [6, 6.07) is 0. The summed E-state index contributed by atoms with van der Waals surface area (Å²) in [5.41, 5.74) is 6.91. The van der Waals surface area contributed by atoms with Gasteiger partial charge in [0.2, 0.25) is 0 Å². The third kappa shape index (κ3) is 2.73. The summed E-state index contributed by atoms with van der Waals surface area (Å²) in [5.74, 6) is 0. The molecule has 0 aliphatic carbocycles. The van der Waals surface area contributed by atoms with E-state index in [4.69, 9.17) is 10.5 Å². The number of ether oxygens (including phenoxy) is 1.